The monoisotopic (exact) mass is 302 g/mol. The lowest BCUT2D eigenvalue weighted by Crippen LogP contribution is -2.13. The molecule has 110 valence electrons. The van der Waals surface area contributed by atoms with E-state index in [9.17, 15) is 0 Å². The van der Waals surface area contributed by atoms with Gasteiger partial charge < -0.3 is 15.2 Å². The molecule has 0 aliphatic heterocycles. The predicted octanol–water partition coefficient (Wildman–Crippen LogP) is 2.97. The number of rotatable bonds is 3. The summed E-state index contributed by atoms with van der Waals surface area (Å²) in [4.78, 5) is 14.8. The summed E-state index contributed by atoms with van der Waals surface area (Å²) in [5, 5.41) is 7.66. The van der Waals surface area contributed by atoms with E-state index in [0.29, 0.717) is 6.04 Å². The molecule has 0 bridgehead atoms. The van der Waals surface area contributed by atoms with Gasteiger partial charge in [0, 0.05) is 20.1 Å². The first-order valence-electron chi connectivity index (χ1n) is 7.32. The third-order valence-electron chi connectivity index (χ3n) is 4.13. The van der Waals surface area contributed by atoms with Crippen molar-refractivity contribution in [2.24, 2.45) is 7.05 Å². The number of hydrogen-bond donors (Lipinski definition) is 2. The maximum absolute atomic E-state index is 4.77. The molecular formula is C14H18N6S. The van der Waals surface area contributed by atoms with Crippen LogP contribution in [0.15, 0.2) is 6.33 Å². The van der Waals surface area contributed by atoms with Gasteiger partial charge in [0.1, 0.15) is 21.4 Å². The largest absolute Gasteiger partial charge is 0.371 e. The number of anilines is 2. The van der Waals surface area contributed by atoms with Gasteiger partial charge in [0.25, 0.3) is 0 Å². The third kappa shape index (κ3) is 2.03. The average molecular weight is 302 g/mol. The number of aryl methyl sites for hydroxylation is 1. The summed E-state index contributed by atoms with van der Waals surface area (Å²) in [6.45, 7) is 0. The Morgan fingerprint density at radius 2 is 2.05 bits per heavy atom. The standard InChI is InChI=1S/C14H18N6S/c1-15-12-9-11(20(2)7-16-9)10-13(19-12)21-14(18-10)17-8-5-3-4-6-8/h7-8H,3-6H2,1-2H3,(H,15,19)(H,17,18). The summed E-state index contributed by atoms with van der Waals surface area (Å²) in [5.74, 6) is 0.814. The molecule has 0 radical (unpaired) electrons. The van der Waals surface area contributed by atoms with Crippen LogP contribution < -0.4 is 10.6 Å². The first-order chi connectivity index (χ1) is 10.3. The molecule has 1 aliphatic rings. The van der Waals surface area contributed by atoms with Gasteiger partial charge >= 0.3 is 0 Å². The van der Waals surface area contributed by atoms with Crippen molar-refractivity contribution in [3.05, 3.63) is 6.33 Å². The summed E-state index contributed by atoms with van der Waals surface area (Å²) >= 11 is 1.63. The molecule has 3 aromatic rings. The summed E-state index contributed by atoms with van der Waals surface area (Å²) in [5.41, 5.74) is 2.86. The highest BCUT2D eigenvalue weighted by Gasteiger charge is 2.19. The number of hydrogen-bond acceptors (Lipinski definition) is 6. The number of nitrogens with one attached hydrogen (secondary N) is 2. The number of thiazole rings is 1. The van der Waals surface area contributed by atoms with Gasteiger partial charge in [-0.25, -0.2) is 15.0 Å². The van der Waals surface area contributed by atoms with Crippen LogP contribution in [0.25, 0.3) is 21.4 Å². The minimum atomic E-state index is 0.566. The lowest BCUT2D eigenvalue weighted by Gasteiger charge is -2.08. The van der Waals surface area contributed by atoms with Crippen LogP contribution in [0.3, 0.4) is 0 Å². The molecule has 0 saturated heterocycles. The van der Waals surface area contributed by atoms with E-state index in [1.54, 1.807) is 11.3 Å². The highest BCUT2D eigenvalue weighted by molar-refractivity contribution is 7.22. The Bertz CT molecular complexity index is 799. The van der Waals surface area contributed by atoms with Crippen molar-refractivity contribution in [3.8, 4) is 0 Å². The Balaban J connectivity index is 1.85. The van der Waals surface area contributed by atoms with Gasteiger partial charge in [-0.05, 0) is 12.8 Å². The van der Waals surface area contributed by atoms with Crippen LogP contribution >= 0.6 is 11.3 Å². The van der Waals surface area contributed by atoms with Crippen LogP contribution in [0.1, 0.15) is 25.7 Å². The smallest absolute Gasteiger partial charge is 0.185 e. The van der Waals surface area contributed by atoms with Crippen LogP contribution in [0, 0.1) is 0 Å². The highest BCUT2D eigenvalue weighted by Crippen LogP contribution is 2.34. The second-order valence-electron chi connectivity index (χ2n) is 5.56. The van der Waals surface area contributed by atoms with E-state index in [-0.39, 0.29) is 0 Å². The Morgan fingerprint density at radius 3 is 2.81 bits per heavy atom. The van der Waals surface area contributed by atoms with E-state index in [1.807, 2.05) is 25.0 Å². The maximum atomic E-state index is 4.77. The van der Waals surface area contributed by atoms with Crippen molar-refractivity contribution in [1.29, 1.82) is 0 Å². The minimum Gasteiger partial charge on any atom is -0.371 e. The molecule has 1 fully saturated rings. The van der Waals surface area contributed by atoms with Crippen molar-refractivity contribution in [3.63, 3.8) is 0 Å². The topological polar surface area (TPSA) is 67.7 Å². The van der Waals surface area contributed by atoms with Crippen LogP contribution in [0.2, 0.25) is 0 Å². The number of fused-ring (bicyclic) bond motifs is 3. The molecule has 0 amide bonds. The van der Waals surface area contributed by atoms with Gasteiger partial charge in [-0.3, -0.25) is 0 Å². The number of pyridine rings is 1. The first kappa shape index (κ1) is 12.8. The molecule has 0 aromatic carbocycles. The lowest BCUT2D eigenvalue weighted by molar-refractivity contribution is 0.754. The van der Waals surface area contributed by atoms with Crippen LogP contribution in [0.5, 0.6) is 0 Å². The Labute approximate surface area is 126 Å². The van der Waals surface area contributed by atoms with E-state index >= 15 is 0 Å². The normalized spacial score (nSPS) is 16.1. The molecule has 7 heteroatoms. The van der Waals surface area contributed by atoms with Crippen LogP contribution in [-0.4, -0.2) is 32.6 Å². The molecule has 1 saturated carbocycles. The molecule has 6 nitrogen and oxygen atoms in total. The lowest BCUT2D eigenvalue weighted by atomic mass is 10.3. The Morgan fingerprint density at radius 1 is 1.24 bits per heavy atom. The van der Waals surface area contributed by atoms with Crippen LogP contribution in [-0.2, 0) is 7.05 Å². The van der Waals surface area contributed by atoms with Crippen LogP contribution in [0.4, 0.5) is 10.9 Å². The van der Waals surface area contributed by atoms with Crippen molar-refractivity contribution >= 4 is 43.7 Å². The number of aromatic nitrogens is 4. The zero-order chi connectivity index (χ0) is 14.4. The number of nitrogens with zero attached hydrogens (tertiary/aromatic N) is 4. The van der Waals surface area contributed by atoms with E-state index in [1.165, 1.54) is 25.7 Å². The van der Waals surface area contributed by atoms with Gasteiger partial charge in [0.15, 0.2) is 10.9 Å². The summed E-state index contributed by atoms with van der Waals surface area (Å²) in [6.07, 6.45) is 6.93. The fourth-order valence-electron chi connectivity index (χ4n) is 3.06. The SMILES string of the molecule is CNc1nc2sc(NC3CCCC3)nc2c2c1ncn2C. The van der Waals surface area contributed by atoms with Gasteiger partial charge in [0.05, 0.1) is 6.33 Å². The van der Waals surface area contributed by atoms with E-state index in [4.69, 9.17) is 4.98 Å². The highest BCUT2D eigenvalue weighted by atomic mass is 32.1. The van der Waals surface area contributed by atoms with Crippen molar-refractivity contribution in [2.75, 3.05) is 17.7 Å². The molecule has 0 atom stereocenters. The summed E-state index contributed by atoms with van der Waals surface area (Å²) in [6, 6.07) is 0.566. The van der Waals surface area contributed by atoms with E-state index in [2.05, 4.69) is 20.6 Å². The molecule has 3 heterocycles. The third-order valence-corrected chi connectivity index (χ3v) is 5.01. The number of imidazole rings is 1. The Kier molecular flexibility index (Phi) is 2.95. The van der Waals surface area contributed by atoms with Gasteiger partial charge in [0.2, 0.25) is 0 Å². The molecule has 3 aromatic heterocycles. The van der Waals surface area contributed by atoms with E-state index in [0.717, 1.165) is 32.3 Å². The molecule has 2 N–H and O–H groups in total. The minimum absolute atomic E-state index is 0.566. The Hall–Kier alpha value is -1.89. The van der Waals surface area contributed by atoms with Gasteiger partial charge in [-0.2, -0.15) is 0 Å². The van der Waals surface area contributed by atoms with Gasteiger partial charge in [-0.1, -0.05) is 24.2 Å². The molecular weight excluding hydrogens is 284 g/mol. The quantitative estimate of drug-likeness (QED) is 0.778. The molecule has 4 rings (SSSR count). The van der Waals surface area contributed by atoms with Crippen molar-refractivity contribution in [2.45, 2.75) is 31.7 Å². The second kappa shape index (κ2) is 4.84. The maximum Gasteiger partial charge on any atom is 0.185 e. The average Bonchev–Trinajstić information content (AvgIpc) is 3.18. The van der Waals surface area contributed by atoms with Crippen molar-refractivity contribution < 1.29 is 0 Å². The second-order valence-corrected chi connectivity index (χ2v) is 6.54. The van der Waals surface area contributed by atoms with Gasteiger partial charge in [-0.15, -0.1) is 0 Å². The first-order valence-corrected chi connectivity index (χ1v) is 8.14. The molecule has 21 heavy (non-hydrogen) atoms. The predicted molar refractivity (Wildman–Crippen MR) is 87.1 cm³/mol. The van der Waals surface area contributed by atoms with Crippen molar-refractivity contribution in [1.82, 2.24) is 19.5 Å². The summed E-state index contributed by atoms with van der Waals surface area (Å²) in [7, 11) is 3.87. The summed E-state index contributed by atoms with van der Waals surface area (Å²) < 4.78 is 2.01. The fraction of sp³-hybridized carbons (Fsp3) is 0.500. The zero-order valence-corrected chi connectivity index (χ0v) is 13.0. The molecule has 0 spiro atoms. The van der Waals surface area contributed by atoms with E-state index < -0.39 is 0 Å². The molecule has 0 unspecified atom stereocenters. The molecule has 1 aliphatic carbocycles. The zero-order valence-electron chi connectivity index (χ0n) is 12.2. The fourth-order valence-corrected chi connectivity index (χ4v) is 3.98.